The van der Waals surface area contributed by atoms with E-state index in [4.69, 9.17) is 21.8 Å². The van der Waals surface area contributed by atoms with E-state index >= 15 is 0 Å². The van der Waals surface area contributed by atoms with Crippen molar-refractivity contribution >= 4 is 17.6 Å². The summed E-state index contributed by atoms with van der Waals surface area (Å²) in [5, 5.41) is 15.6. The van der Waals surface area contributed by atoms with E-state index in [2.05, 4.69) is 5.10 Å². The van der Waals surface area contributed by atoms with Gasteiger partial charge in [0.15, 0.2) is 0 Å². The van der Waals surface area contributed by atoms with Crippen LogP contribution in [0.25, 0.3) is 11.5 Å². The second-order valence-corrected chi connectivity index (χ2v) is 6.79. The first-order chi connectivity index (χ1) is 14.1. The lowest BCUT2D eigenvalue weighted by molar-refractivity contribution is -0.307. The summed E-state index contributed by atoms with van der Waals surface area (Å²) < 4.78 is 44.0. The van der Waals surface area contributed by atoms with Crippen LogP contribution in [0.15, 0.2) is 51.7 Å². The molecule has 0 saturated heterocycles. The molecule has 1 unspecified atom stereocenters. The highest BCUT2D eigenvalue weighted by Crippen LogP contribution is 2.30. The topological polar surface area (TPSA) is 114 Å². The SMILES string of the molecule is NCC(C(=O)[O-])c1ccc(Cl)cc1Cn1nc(-c2ccc(C(F)(F)F)cc2)oc1=O. The van der Waals surface area contributed by atoms with Crippen molar-refractivity contribution in [3.8, 4) is 11.5 Å². The number of benzene rings is 2. The van der Waals surface area contributed by atoms with Crippen LogP contribution in [-0.4, -0.2) is 22.3 Å². The van der Waals surface area contributed by atoms with Gasteiger partial charge in [-0.05, 0) is 47.5 Å². The maximum absolute atomic E-state index is 12.7. The van der Waals surface area contributed by atoms with E-state index in [1.165, 1.54) is 18.2 Å². The molecule has 0 radical (unpaired) electrons. The fraction of sp³-hybridized carbons (Fsp3) is 0.211. The molecule has 1 heterocycles. The van der Waals surface area contributed by atoms with E-state index in [1.54, 1.807) is 0 Å². The number of alkyl halides is 3. The predicted molar refractivity (Wildman–Crippen MR) is 98.6 cm³/mol. The van der Waals surface area contributed by atoms with Gasteiger partial charge < -0.3 is 20.1 Å². The van der Waals surface area contributed by atoms with Crippen LogP contribution >= 0.6 is 11.6 Å². The van der Waals surface area contributed by atoms with Crippen LogP contribution in [0.2, 0.25) is 5.02 Å². The molecule has 1 atom stereocenters. The third kappa shape index (κ3) is 4.55. The second kappa shape index (κ2) is 8.33. The van der Waals surface area contributed by atoms with Gasteiger partial charge >= 0.3 is 11.9 Å². The molecule has 0 aliphatic heterocycles. The average Bonchev–Trinajstić information content (AvgIpc) is 3.03. The van der Waals surface area contributed by atoms with Gasteiger partial charge in [-0.3, -0.25) is 0 Å². The average molecular weight is 441 g/mol. The van der Waals surface area contributed by atoms with Crippen molar-refractivity contribution in [1.29, 1.82) is 0 Å². The number of carbonyl (C=O) groups excluding carboxylic acids is 1. The van der Waals surface area contributed by atoms with Crippen molar-refractivity contribution in [3.05, 3.63) is 74.7 Å². The number of hydrogen-bond donors (Lipinski definition) is 1. The van der Waals surface area contributed by atoms with E-state index in [1.807, 2.05) is 0 Å². The zero-order chi connectivity index (χ0) is 22.1. The summed E-state index contributed by atoms with van der Waals surface area (Å²) in [6.07, 6.45) is -4.50. The van der Waals surface area contributed by atoms with Crippen LogP contribution < -0.4 is 16.6 Å². The maximum Gasteiger partial charge on any atom is 0.437 e. The standard InChI is InChI=1S/C19H15ClF3N3O4/c20-13-5-6-14(15(8-24)17(27)28)11(7-13)9-26-18(29)30-16(25-26)10-1-3-12(4-2-10)19(21,22)23/h1-7,15H,8-9,24H2,(H,27,28)/p-1. The first-order valence-electron chi connectivity index (χ1n) is 8.55. The van der Waals surface area contributed by atoms with Crippen molar-refractivity contribution in [2.75, 3.05) is 6.54 Å². The van der Waals surface area contributed by atoms with E-state index < -0.39 is 29.4 Å². The summed E-state index contributed by atoms with van der Waals surface area (Å²) in [6, 6.07) is 8.34. The number of rotatable bonds is 6. The van der Waals surface area contributed by atoms with Crippen LogP contribution in [0, 0.1) is 0 Å². The Hall–Kier alpha value is -3.11. The Morgan fingerprint density at radius 1 is 1.23 bits per heavy atom. The zero-order valence-corrected chi connectivity index (χ0v) is 15.9. The van der Waals surface area contributed by atoms with Crippen LogP contribution in [0.4, 0.5) is 13.2 Å². The molecule has 1 aromatic heterocycles. The summed E-state index contributed by atoms with van der Waals surface area (Å²) in [5.41, 5.74) is 5.49. The number of halogens is 4. The molecule has 7 nitrogen and oxygen atoms in total. The molecule has 0 spiro atoms. The fourth-order valence-electron chi connectivity index (χ4n) is 2.89. The highest BCUT2D eigenvalue weighted by Gasteiger charge is 2.30. The van der Waals surface area contributed by atoms with E-state index in [-0.39, 0.29) is 24.5 Å². The molecule has 0 bridgehead atoms. The number of carbonyl (C=O) groups is 1. The molecule has 0 saturated carbocycles. The van der Waals surface area contributed by atoms with Gasteiger partial charge in [0.1, 0.15) is 0 Å². The van der Waals surface area contributed by atoms with Gasteiger partial charge in [0, 0.05) is 23.0 Å². The van der Waals surface area contributed by atoms with Gasteiger partial charge in [-0.15, -0.1) is 5.10 Å². The number of carboxylic acid groups (broad SMARTS) is 1. The monoisotopic (exact) mass is 440 g/mol. The highest BCUT2D eigenvalue weighted by molar-refractivity contribution is 6.30. The maximum atomic E-state index is 12.7. The fourth-order valence-corrected chi connectivity index (χ4v) is 3.08. The minimum Gasteiger partial charge on any atom is -0.549 e. The molecule has 0 amide bonds. The number of aromatic nitrogens is 2. The number of hydrogen-bond acceptors (Lipinski definition) is 6. The van der Waals surface area contributed by atoms with E-state index in [0.29, 0.717) is 16.1 Å². The van der Waals surface area contributed by atoms with E-state index in [9.17, 15) is 27.9 Å². The summed E-state index contributed by atoms with van der Waals surface area (Å²) in [6.45, 7) is -0.426. The molecule has 3 aromatic rings. The smallest absolute Gasteiger partial charge is 0.437 e. The molecular formula is C19H14ClF3N3O4-. The number of carboxylic acids is 1. The number of nitrogens with zero attached hydrogens (tertiary/aromatic N) is 2. The van der Waals surface area contributed by atoms with Crippen molar-refractivity contribution < 1.29 is 27.5 Å². The van der Waals surface area contributed by atoms with Crippen LogP contribution in [0.3, 0.4) is 0 Å². The first-order valence-corrected chi connectivity index (χ1v) is 8.92. The molecular weight excluding hydrogens is 427 g/mol. The van der Waals surface area contributed by atoms with Crippen molar-refractivity contribution in [3.63, 3.8) is 0 Å². The lowest BCUT2D eigenvalue weighted by Gasteiger charge is -2.20. The number of nitrogens with two attached hydrogens (primary N) is 1. The quantitative estimate of drug-likeness (QED) is 0.627. The Bertz CT molecular complexity index is 1120. The Morgan fingerprint density at radius 2 is 1.90 bits per heavy atom. The molecule has 30 heavy (non-hydrogen) atoms. The summed E-state index contributed by atoms with van der Waals surface area (Å²) >= 11 is 5.99. The van der Waals surface area contributed by atoms with Crippen molar-refractivity contribution in [1.82, 2.24) is 9.78 Å². The van der Waals surface area contributed by atoms with Crippen molar-refractivity contribution in [2.24, 2.45) is 5.73 Å². The Kier molecular flexibility index (Phi) is 5.99. The normalized spacial score (nSPS) is 12.7. The minimum absolute atomic E-state index is 0.166. The highest BCUT2D eigenvalue weighted by atomic mass is 35.5. The van der Waals surface area contributed by atoms with E-state index in [0.717, 1.165) is 28.9 Å². The summed E-state index contributed by atoms with van der Waals surface area (Å²) in [4.78, 5) is 23.5. The van der Waals surface area contributed by atoms with Crippen molar-refractivity contribution in [2.45, 2.75) is 18.6 Å². The van der Waals surface area contributed by atoms with Gasteiger partial charge in [-0.25, -0.2) is 4.79 Å². The second-order valence-electron chi connectivity index (χ2n) is 6.36. The summed E-state index contributed by atoms with van der Waals surface area (Å²) in [7, 11) is 0. The first kappa shape index (κ1) is 21.6. The van der Waals surface area contributed by atoms with Gasteiger partial charge in [0.25, 0.3) is 0 Å². The lowest BCUT2D eigenvalue weighted by Crippen LogP contribution is -2.35. The Labute approximate surface area is 172 Å². The van der Waals surface area contributed by atoms with Gasteiger partial charge in [0.05, 0.1) is 18.1 Å². The molecule has 0 aliphatic rings. The van der Waals surface area contributed by atoms with Gasteiger partial charge in [0.2, 0.25) is 5.89 Å². The van der Waals surface area contributed by atoms with Gasteiger partial charge in [-0.1, -0.05) is 17.7 Å². The Morgan fingerprint density at radius 3 is 2.47 bits per heavy atom. The largest absolute Gasteiger partial charge is 0.549 e. The molecule has 2 aromatic carbocycles. The third-order valence-corrected chi connectivity index (χ3v) is 4.62. The number of aliphatic carboxylic acids is 1. The predicted octanol–water partition coefficient (Wildman–Crippen LogP) is 2.02. The van der Waals surface area contributed by atoms with Crippen LogP contribution in [0.1, 0.15) is 22.6 Å². The molecule has 3 rings (SSSR count). The molecule has 2 N–H and O–H groups in total. The summed E-state index contributed by atoms with van der Waals surface area (Å²) in [5.74, 6) is -3.59. The minimum atomic E-state index is -4.50. The molecule has 11 heteroatoms. The molecule has 0 fully saturated rings. The Balaban J connectivity index is 1.95. The van der Waals surface area contributed by atoms with Gasteiger partial charge in [-0.2, -0.15) is 17.9 Å². The van der Waals surface area contributed by atoms with Crippen LogP contribution in [-0.2, 0) is 17.5 Å². The lowest BCUT2D eigenvalue weighted by atomic mass is 9.94. The molecule has 0 aliphatic carbocycles. The van der Waals surface area contributed by atoms with Crippen LogP contribution in [0.5, 0.6) is 0 Å². The molecule has 158 valence electrons. The third-order valence-electron chi connectivity index (χ3n) is 4.39. The zero-order valence-electron chi connectivity index (χ0n) is 15.1.